The topological polar surface area (TPSA) is 30.8 Å². The van der Waals surface area contributed by atoms with Crippen molar-refractivity contribution in [2.75, 3.05) is 20.8 Å². The van der Waals surface area contributed by atoms with Gasteiger partial charge in [0.25, 0.3) is 0 Å². The number of hydrogen-bond acceptors (Lipinski definition) is 3. The van der Waals surface area contributed by atoms with Crippen LogP contribution in [0.5, 0.6) is 11.5 Å². The highest BCUT2D eigenvalue weighted by molar-refractivity contribution is 6.15. The smallest absolute Gasteiger partial charge is 0.129 e. The Hall–Kier alpha value is -1.97. The third kappa shape index (κ3) is 5.00. The van der Waals surface area contributed by atoms with Crippen molar-refractivity contribution in [3.63, 3.8) is 0 Å². The molecule has 2 aromatic carbocycles. The SMILES string of the molecule is COc1ccc(C=C2CCCN=C2c2ccccc2)c(OC)c1.Cl.Cl. The van der Waals surface area contributed by atoms with Gasteiger partial charge in [0.2, 0.25) is 0 Å². The first-order valence-corrected chi connectivity index (χ1v) is 7.84. The van der Waals surface area contributed by atoms with Gasteiger partial charge in [0, 0.05) is 18.2 Å². The largest absolute Gasteiger partial charge is 0.497 e. The normalized spacial score (nSPS) is 14.8. The number of aliphatic imine (C=N–C) groups is 1. The summed E-state index contributed by atoms with van der Waals surface area (Å²) in [5.74, 6) is 1.61. The number of rotatable bonds is 4. The monoisotopic (exact) mass is 379 g/mol. The minimum atomic E-state index is 0. The van der Waals surface area contributed by atoms with Crippen molar-refractivity contribution < 1.29 is 9.47 Å². The number of ether oxygens (including phenoxy) is 2. The fraction of sp³-hybridized carbons (Fsp3) is 0.250. The molecule has 0 fully saturated rings. The van der Waals surface area contributed by atoms with Gasteiger partial charge in [-0.25, -0.2) is 0 Å². The molecule has 1 aliphatic rings. The molecule has 0 unspecified atom stereocenters. The standard InChI is InChI=1S/C20H21NO2.2ClH/c1-22-18-11-10-16(19(14-18)23-2)13-17-9-6-12-21-20(17)15-7-4-3-5-8-15;;/h3-5,7-8,10-11,13-14H,6,9,12H2,1-2H3;2*1H. The highest BCUT2D eigenvalue weighted by atomic mass is 35.5. The quantitative estimate of drug-likeness (QED) is 0.729. The van der Waals surface area contributed by atoms with Crippen LogP contribution >= 0.6 is 24.8 Å². The Balaban J connectivity index is 0.00000156. The minimum Gasteiger partial charge on any atom is -0.497 e. The minimum absolute atomic E-state index is 0. The predicted molar refractivity (Wildman–Crippen MR) is 109 cm³/mol. The highest BCUT2D eigenvalue weighted by Gasteiger charge is 2.15. The summed E-state index contributed by atoms with van der Waals surface area (Å²) in [7, 11) is 3.35. The molecule has 0 aromatic heterocycles. The number of nitrogens with zero attached hydrogens (tertiary/aromatic N) is 1. The molecule has 0 atom stereocenters. The van der Waals surface area contributed by atoms with Crippen molar-refractivity contribution in [1.82, 2.24) is 0 Å². The molecule has 3 nitrogen and oxygen atoms in total. The predicted octanol–water partition coefficient (Wildman–Crippen LogP) is 5.21. The van der Waals surface area contributed by atoms with E-state index in [1.165, 1.54) is 11.1 Å². The molecular formula is C20H23Cl2NO2. The van der Waals surface area contributed by atoms with E-state index in [2.05, 4.69) is 30.3 Å². The molecule has 0 N–H and O–H groups in total. The first kappa shape index (κ1) is 21.1. The average molecular weight is 380 g/mol. The Morgan fingerprint density at radius 3 is 2.40 bits per heavy atom. The van der Waals surface area contributed by atoms with E-state index in [0.717, 1.165) is 42.2 Å². The summed E-state index contributed by atoms with van der Waals surface area (Å²) >= 11 is 0. The molecule has 0 amide bonds. The lowest BCUT2D eigenvalue weighted by Crippen LogP contribution is -2.11. The number of allylic oxidation sites excluding steroid dienone is 1. The van der Waals surface area contributed by atoms with Gasteiger partial charge < -0.3 is 9.47 Å². The third-order valence-corrected chi connectivity index (χ3v) is 4.00. The van der Waals surface area contributed by atoms with Crippen LogP contribution in [-0.2, 0) is 0 Å². The molecule has 134 valence electrons. The summed E-state index contributed by atoms with van der Waals surface area (Å²) < 4.78 is 10.8. The van der Waals surface area contributed by atoms with Gasteiger partial charge in [0.1, 0.15) is 11.5 Å². The summed E-state index contributed by atoms with van der Waals surface area (Å²) in [5, 5.41) is 0. The van der Waals surface area contributed by atoms with Gasteiger partial charge in [-0.2, -0.15) is 0 Å². The number of halogens is 2. The van der Waals surface area contributed by atoms with E-state index in [-0.39, 0.29) is 24.8 Å². The fourth-order valence-electron chi connectivity index (χ4n) is 2.82. The molecule has 2 aromatic rings. The molecule has 0 spiro atoms. The Morgan fingerprint density at radius 1 is 0.960 bits per heavy atom. The molecule has 1 heterocycles. The van der Waals surface area contributed by atoms with Crippen LogP contribution in [0, 0.1) is 0 Å². The van der Waals surface area contributed by atoms with Crippen molar-refractivity contribution in [3.05, 3.63) is 65.2 Å². The van der Waals surface area contributed by atoms with E-state index in [1.807, 2.05) is 24.3 Å². The van der Waals surface area contributed by atoms with Crippen LogP contribution in [0.2, 0.25) is 0 Å². The Bertz CT molecular complexity index is 743. The number of hydrogen-bond donors (Lipinski definition) is 0. The fourth-order valence-corrected chi connectivity index (χ4v) is 2.82. The van der Waals surface area contributed by atoms with Crippen molar-refractivity contribution in [1.29, 1.82) is 0 Å². The maximum absolute atomic E-state index is 5.51. The lowest BCUT2D eigenvalue weighted by molar-refractivity contribution is 0.393. The summed E-state index contributed by atoms with van der Waals surface area (Å²) in [6.07, 6.45) is 4.30. The summed E-state index contributed by atoms with van der Waals surface area (Å²) in [5.41, 5.74) is 4.57. The molecule has 25 heavy (non-hydrogen) atoms. The molecule has 1 aliphatic heterocycles. The Labute approximate surface area is 161 Å². The van der Waals surface area contributed by atoms with Gasteiger partial charge in [-0.3, -0.25) is 4.99 Å². The van der Waals surface area contributed by atoms with Crippen LogP contribution in [-0.4, -0.2) is 26.5 Å². The van der Waals surface area contributed by atoms with E-state index in [1.54, 1.807) is 14.2 Å². The van der Waals surface area contributed by atoms with Crippen molar-refractivity contribution >= 4 is 36.6 Å². The second-order valence-electron chi connectivity index (χ2n) is 5.48. The Morgan fingerprint density at radius 2 is 1.72 bits per heavy atom. The summed E-state index contributed by atoms with van der Waals surface area (Å²) in [6.45, 7) is 0.890. The van der Waals surface area contributed by atoms with Crippen LogP contribution in [0.15, 0.2) is 59.1 Å². The average Bonchev–Trinajstić information content (AvgIpc) is 2.63. The van der Waals surface area contributed by atoms with E-state index in [4.69, 9.17) is 14.5 Å². The van der Waals surface area contributed by atoms with Crippen LogP contribution < -0.4 is 9.47 Å². The lowest BCUT2D eigenvalue weighted by Gasteiger charge is -2.17. The van der Waals surface area contributed by atoms with Gasteiger partial charge in [-0.05, 0) is 42.2 Å². The van der Waals surface area contributed by atoms with Gasteiger partial charge in [0.05, 0.1) is 19.9 Å². The van der Waals surface area contributed by atoms with E-state index < -0.39 is 0 Å². The zero-order valence-corrected chi connectivity index (χ0v) is 16.0. The van der Waals surface area contributed by atoms with Crippen LogP contribution in [0.25, 0.3) is 6.08 Å². The van der Waals surface area contributed by atoms with Crippen molar-refractivity contribution in [3.8, 4) is 11.5 Å². The molecular weight excluding hydrogens is 357 g/mol. The molecule has 0 radical (unpaired) electrons. The maximum Gasteiger partial charge on any atom is 0.129 e. The second-order valence-corrected chi connectivity index (χ2v) is 5.48. The molecule has 5 heteroatoms. The van der Waals surface area contributed by atoms with E-state index >= 15 is 0 Å². The first-order chi connectivity index (χ1) is 11.3. The van der Waals surface area contributed by atoms with E-state index in [9.17, 15) is 0 Å². The molecule has 0 bridgehead atoms. The first-order valence-electron chi connectivity index (χ1n) is 7.84. The van der Waals surface area contributed by atoms with Crippen molar-refractivity contribution in [2.45, 2.75) is 12.8 Å². The second kappa shape index (κ2) is 10.1. The van der Waals surface area contributed by atoms with Crippen molar-refractivity contribution in [2.24, 2.45) is 4.99 Å². The van der Waals surface area contributed by atoms with Gasteiger partial charge in [-0.1, -0.05) is 30.3 Å². The third-order valence-electron chi connectivity index (χ3n) is 4.00. The molecule has 0 saturated carbocycles. The highest BCUT2D eigenvalue weighted by Crippen LogP contribution is 2.29. The van der Waals surface area contributed by atoms with Gasteiger partial charge in [-0.15, -0.1) is 24.8 Å². The number of benzene rings is 2. The zero-order chi connectivity index (χ0) is 16.1. The summed E-state index contributed by atoms with van der Waals surface area (Å²) in [6, 6.07) is 16.3. The molecule has 0 saturated heterocycles. The van der Waals surface area contributed by atoms with E-state index in [0.29, 0.717) is 0 Å². The summed E-state index contributed by atoms with van der Waals surface area (Å²) in [4.78, 5) is 4.75. The van der Waals surface area contributed by atoms with Crippen LogP contribution in [0.4, 0.5) is 0 Å². The molecule has 0 aliphatic carbocycles. The van der Waals surface area contributed by atoms with Crippen LogP contribution in [0.1, 0.15) is 24.0 Å². The Kier molecular flexibility index (Phi) is 8.53. The van der Waals surface area contributed by atoms with Gasteiger partial charge >= 0.3 is 0 Å². The number of methoxy groups -OCH3 is 2. The van der Waals surface area contributed by atoms with Crippen LogP contribution in [0.3, 0.4) is 0 Å². The maximum atomic E-state index is 5.51. The lowest BCUT2D eigenvalue weighted by atomic mass is 9.94. The zero-order valence-electron chi connectivity index (χ0n) is 14.4. The van der Waals surface area contributed by atoms with Gasteiger partial charge in [0.15, 0.2) is 0 Å². The molecule has 3 rings (SSSR count).